The largest absolute Gasteiger partial charge is 0.508 e. The molecule has 0 spiro atoms. The molecule has 0 aliphatic rings. The number of benzene rings is 2. The molecule has 12 N–H and O–H groups in total. The molecule has 3 rings (SSSR count). The van der Waals surface area contributed by atoms with Crippen LogP contribution in [-0.2, 0) is 46.4 Å². The maximum atomic E-state index is 14.0. The molecule has 5 amide bonds. The summed E-state index contributed by atoms with van der Waals surface area (Å²) >= 11 is 1.37. The van der Waals surface area contributed by atoms with Gasteiger partial charge in [-0.2, -0.15) is 11.8 Å². The lowest BCUT2D eigenvalue weighted by atomic mass is 10.0. The third-order valence-electron chi connectivity index (χ3n) is 8.01. The third kappa shape index (κ3) is 12.6. The number of aromatic nitrogens is 1. The Balaban J connectivity index is 1.94. The van der Waals surface area contributed by atoms with Crippen molar-refractivity contribution in [1.29, 1.82) is 0 Å². The van der Waals surface area contributed by atoms with Crippen molar-refractivity contribution in [3.05, 3.63) is 65.9 Å². The number of aliphatic carboxylic acids is 2. The van der Waals surface area contributed by atoms with Crippen molar-refractivity contribution in [2.24, 2.45) is 11.5 Å². The molecule has 1 heterocycles. The van der Waals surface area contributed by atoms with Crippen molar-refractivity contribution in [2.75, 3.05) is 12.0 Å². The summed E-state index contributed by atoms with van der Waals surface area (Å²) in [6.07, 6.45) is 1.99. The molecule has 0 radical (unpaired) electrons. The number of fused-ring (bicyclic) bond motifs is 1. The van der Waals surface area contributed by atoms with Gasteiger partial charge >= 0.3 is 11.9 Å². The van der Waals surface area contributed by atoms with Crippen LogP contribution >= 0.6 is 11.8 Å². The fourth-order valence-corrected chi connectivity index (χ4v) is 5.70. The summed E-state index contributed by atoms with van der Waals surface area (Å²) in [5.74, 6) is -6.57. The zero-order valence-electron chi connectivity index (χ0n) is 28.3. The number of thioether (sulfide) groups is 1. The van der Waals surface area contributed by atoms with Crippen LogP contribution in [0.25, 0.3) is 10.9 Å². The second-order valence-electron chi connectivity index (χ2n) is 12.0. The second-order valence-corrected chi connectivity index (χ2v) is 13.0. The van der Waals surface area contributed by atoms with Crippen LogP contribution in [0, 0.1) is 0 Å². The zero-order valence-corrected chi connectivity index (χ0v) is 29.1. The van der Waals surface area contributed by atoms with Gasteiger partial charge in [0, 0.05) is 36.4 Å². The number of nitrogens with two attached hydrogens (primary N) is 2. The number of phenols is 1. The Bertz CT molecular complexity index is 1750. The second kappa shape index (κ2) is 19.7. The van der Waals surface area contributed by atoms with Gasteiger partial charge in [0.1, 0.15) is 29.9 Å². The summed E-state index contributed by atoms with van der Waals surface area (Å²) in [4.78, 5) is 91.6. The molecule has 0 saturated heterocycles. The number of hydrogen-bond donors (Lipinski definition) is 10. The quantitative estimate of drug-likeness (QED) is 0.0661. The lowest BCUT2D eigenvalue weighted by molar-refractivity contribution is -0.142. The standard InChI is InChI=1S/C34H43N7O10S/c1-52-13-12-24(31(47)39-25(34(50)51)10-11-28(36)43)38-33(49)27(15-19-17-37-23-5-3-2-4-21(19)23)41-32(48)26(14-18-6-8-20(42)9-7-18)40-30(46)22(35)16-29(44)45/h2-9,17,22,24-27,37,42H,10-16,35H2,1H3,(H2,36,43)(H,38,49)(H,39,47)(H,40,46)(H,41,48)(H,44,45)(H,50,51)/t22-,24-,25-,26-,27-/m0/s1. The van der Waals surface area contributed by atoms with Crippen LogP contribution in [0.3, 0.4) is 0 Å². The molecule has 0 aliphatic heterocycles. The van der Waals surface area contributed by atoms with Crippen LogP contribution in [-0.4, -0.2) is 104 Å². The van der Waals surface area contributed by atoms with E-state index in [2.05, 4.69) is 26.3 Å². The Hall–Kier alpha value is -5.62. The molecule has 280 valence electrons. The number of aromatic amines is 1. The van der Waals surface area contributed by atoms with Gasteiger partial charge in [-0.25, -0.2) is 4.79 Å². The van der Waals surface area contributed by atoms with Crippen molar-refractivity contribution >= 4 is 64.1 Å². The van der Waals surface area contributed by atoms with E-state index >= 15 is 0 Å². The van der Waals surface area contributed by atoms with Crippen molar-refractivity contribution < 1.29 is 48.9 Å². The number of phenolic OH excluding ortho intramolecular Hbond substituents is 1. The van der Waals surface area contributed by atoms with Crippen LogP contribution < -0.4 is 32.7 Å². The average Bonchev–Trinajstić information content (AvgIpc) is 3.50. The van der Waals surface area contributed by atoms with Crippen molar-refractivity contribution in [3.8, 4) is 5.75 Å². The summed E-state index contributed by atoms with van der Waals surface area (Å²) in [5.41, 5.74) is 12.8. The third-order valence-corrected chi connectivity index (χ3v) is 8.65. The van der Waals surface area contributed by atoms with E-state index in [-0.39, 0.29) is 37.9 Å². The number of carbonyl (C=O) groups is 7. The summed E-state index contributed by atoms with van der Waals surface area (Å²) in [6.45, 7) is 0. The number of rotatable bonds is 21. The average molecular weight is 742 g/mol. The Morgan fingerprint density at radius 1 is 0.769 bits per heavy atom. The smallest absolute Gasteiger partial charge is 0.326 e. The van der Waals surface area contributed by atoms with E-state index < -0.39 is 78.1 Å². The van der Waals surface area contributed by atoms with Gasteiger partial charge in [-0.15, -0.1) is 0 Å². The van der Waals surface area contributed by atoms with Crippen LogP contribution in [0.15, 0.2) is 54.7 Å². The molecule has 0 aliphatic carbocycles. The Kier molecular flexibility index (Phi) is 15.4. The highest BCUT2D eigenvalue weighted by Crippen LogP contribution is 2.20. The lowest BCUT2D eigenvalue weighted by Crippen LogP contribution is -2.59. The van der Waals surface area contributed by atoms with Gasteiger partial charge in [-0.05, 0) is 54.2 Å². The minimum atomic E-state index is -1.49. The van der Waals surface area contributed by atoms with Crippen molar-refractivity contribution in [1.82, 2.24) is 26.3 Å². The number of aromatic hydroxyl groups is 1. The summed E-state index contributed by atoms with van der Waals surface area (Å²) in [7, 11) is 0. The first-order chi connectivity index (χ1) is 24.7. The maximum Gasteiger partial charge on any atom is 0.326 e. The van der Waals surface area contributed by atoms with Crippen molar-refractivity contribution in [2.45, 2.75) is 68.7 Å². The number of carbonyl (C=O) groups excluding carboxylic acids is 5. The van der Waals surface area contributed by atoms with E-state index in [1.807, 2.05) is 18.2 Å². The summed E-state index contributed by atoms with van der Waals surface area (Å²) in [5, 5.41) is 39.3. The van der Waals surface area contributed by atoms with Gasteiger partial charge in [0.2, 0.25) is 29.5 Å². The van der Waals surface area contributed by atoms with E-state index in [4.69, 9.17) is 16.6 Å². The van der Waals surface area contributed by atoms with E-state index in [1.54, 1.807) is 18.5 Å². The van der Waals surface area contributed by atoms with E-state index in [0.717, 1.165) is 10.9 Å². The molecule has 0 unspecified atom stereocenters. The molecule has 2 aromatic carbocycles. The molecule has 5 atom stereocenters. The summed E-state index contributed by atoms with van der Waals surface area (Å²) in [6, 6.07) is 6.06. The predicted octanol–water partition coefficient (Wildman–Crippen LogP) is -0.497. The minimum Gasteiger partial charge on any atom is -0.508 e. The molecular weight excluding hydrogens is 698 g/mol. The van der Waals surface area contributed by atoms with Gasteiger partial charge in [0.05, 0.1) is 12.5 Å². The molecule has 18 heteroatoms. The van der Waals surface area contributed by atoms with Crippen molar-refractivity contribution in [3.63, 3.8) is 0 Å². The number of para-hydroxylation sites is 1. The van der Waals surface area contributed by atoms with E-state index in [0.29, 0.717) is 16.9 Å². The molecule has 0 bridgehead atoms. The van der Waals surface area contributed by atoms with Crippen LogP contribution in [0.5, 0.6) is 5.75 Å². The lowest BCUT2D eigenvalue weighted by Gasteiger charge is -2.26. The van der Waals surface area contributed by atoms with Gasteiger partial charge in [0.15, 0.2) is 0 Å². The molecule has 1 aromatic heterocycles. The number of carboxylic acids is 2. The highest BCUT2D eigenvalue weighted by atomic mass is 32.2. The first kappa shape index (κ1) is 40.8. The number of primary amides is 1. The molecule has 17 nitrogen and oxygen atoms in total. The Morgan fingerprint density at radius 3 is 1.96 bits per heavy atom. The Labute approximate surface area is 302 Å². The molecular formula is C34H43N7O10S. The van der Waals surface area contributed by atoms with Crippen LogP contribution in [0.2, 0.25) is 0 Å². The van der Waals surface area contributed by atoms with Gasteiger partial charge in [-0.1, -0.05) is 30.3 Å². The van der Waals surface area contributed by atoms with Gasteiger partial charge in [0.25, 0.3) is 0 Å². The molecule has 0 saturated carbocycles. The fourth-order valence-electron chi connectivity index (χ4n) is 5.23. The molecule has 52 heavy (non-hydrogen) atoms. The number of amides is 5. The van der Waals surface area contributed by atoms with Gasteiger partial charge in [-0.3, -0.25) is 28.8 Å². The molecule has 3 aromatic rings. The predicted molar refractivity (Wildman–Crippen MR) is 191 cm³/mol. The Morgan fingerprint density at radius 2 is 1.35 bits per heavy atom. The van der Waals surface area contributed by atoms with E-state index in [9.17, 15) is 43.8 Å². The number of carboxylic acid groups (broad SMARTS) is 2. The highest BCUT2D eigenvalue weighted by Gasteiger charge is 2.33. The van der Waals surface area contributed by atoms with E-state index in [1.165, 1.54) is 36.0 Å². The fraction of sp³-hybridized carbons (Fsp3) is 0.382. The first-order valence-electron chi connectivity index (χ1n) is 16.2. The zero-order chi connectivity index (χ0) is 38.4. The maximum absolute atomic E-state index is 14.0. The number of H-pyrrole nitrogens is 1. The minimum absolute atomic E-state index is 0.0460. The van der Waals surface area contributed by atoms with Gasteiger partial charge < -0.3 is 53.0 Å². The first-order valence-corrected chi connectivity index (χ1v) is 17.6. The monoisotopic (exact) mass is 741 g/mol. The highest BCUT2D eigenvalue weighted by molar-refractivity contribution is 7.98. The number of hydrogen-bond acceptors (Lipinski definition) is 10. The topological polar surface area (TPSA) is 296 Å². The number of nitrogens with one attached hydrogen (secondary N) is 5. The SMILES string of the molecule is CSCC[C@H](NC(=O)[C@H](Cc1c[nH]c2ccccc12)NC(=O)[C@H](Cc1ccc(O)cc1)NC(=O)[C@@H](N)CC(=O)O)C(=O)N[C@@H](CCC(N)=O)C(=O)O. The molecule has 0 fully saturated rings. The van der Waals surface area contributed by atoms with Crippen LogP contribution in [0.1, 0.15) is 36.8 Å². The summed E-state index contributed by atoms with van der Waals surface area (Å²) < 4.78 is 0. The normalized spacial score (nSPS) is 13.9. The van der Waals surface area contributed by atoms with Crippen LogP contribution in [0.4, 0.5) is 0 Å².